The average Bonchev–Trinajstić information content (AvgIpc) is 2.59. The monoisotopic (exact) mass is 238 g/mol. The highest BCUT2D eigenvalue weighted by Crippen LogP contribution is 2.39. The first kappa shape index (κ1) is 12.6. The molecule has 0 amide bonds. The Bertz CT molecular complexity index is 377. The van der Waals surface area contributed by atoms with Crippen LogP contribution in [0.15, 0.2) is 6.07 Å². The van der Waals surface area contributed by atoms with Crippen LogP contribution in [0.2, 0.25) is 0 Å². The van der Waals surface area contributed by atoms with Gasteiger partial charge in [-0.05, 0) is 31.7 Å². The van der Waals surface area contributed by atoms with E-state index in [0.29, 0.717) is 6.42 Å². The summed E-state index contributed by atoms with van der Waals surface area (Å²) in [5.74, 6) is 0. The number of hydrogen-bond donors (Lipinski definition) is 1. The van der Waals surface area contributed by atoms with Crippen molar-refractivity contribution in [2.45, 2.75) is 50.7 Å². The second-order valence-corrected chi connectivity index (χ2v) is 4.95. The summed E-state index contributed by atoms with van der Waals surface area (Å²) in [6.07, 6.45) is 4.20. The average molecular weight is 238 g/mol. The van der Waals surface area contributed by atoms with Crippen molar-refractivity contribution in [1.82, 2.24) is 9.78 Å². The van der Waals surface area contributed by atoms with E-state index in [2.05, 4.69) is 18.1 Å². The van der Waals surface area contributed by atoms with E-state index in [1.54, 1.807) is 7.11 Å². The van der Waals surface area contributed by atoms with Gasteiger partial charge in [-0.15, -0.1) is 0 Å². The molecule has 4 heteroatoms. The Balaban J connectivity index is 2.06. The highest BCUT2D eigenvalue weighted by atomic mass is 16.5. The fourth-order valence-electron chi connectivity index (χ4n) is 2.52. The molecule has 2 rings (SSSR count). The molecule has 1 aromatic rings. The van der Waals surface area contributed by atoms with Crippen molar-refractivity contribution in [1.29, 1.82) is 0 Å². The Kier molecular flexibility index (Phi) is 3.54. The molecule has 0 bridgehead atoms. The topological polar surface area (TPSA) is 47.3 Å². The van der Waals surface area contributed by atoms with E-state index in [0.717, 1.165) is 37.1 Å². The first-order valence-electron chi connectivity index (χ1n) is 6.36. The van der Waals surface area contributed by atoms with Gasteiger partial charge in [-0.3, -0.25) is 4.68 Å². The van der Waals surface area contributed by atoms with Crippen LogP contribution >= 0.6 is 0 Å². The van der Waals surface area contributed by atoms with Gasteiger partial charge in [0.25, 0.3) is 0 Å². The van der Waals surface area contributed by atoms with Crippen LogP contribution in [-0.4, -0.2) is 33.7 Å². The molecule has 1 unspecified atom stereocenters. The highest BCUT2D eigenvalue weighted by Gasteiger charge is 2.43. The van der Waals surface area contributed by atoms with Crippen molar-refractivity contribution < 1.29 is 9.84 Å². The van der Waals surface area contributed by atoms with E-state index in [1.165, 1.54) is 0 Å². The van der Waals surface area contributed by atoms with Crippen molar-refractivity contribution in [3.63, 3.8) is 0 Å². The second kappa shape index (κ2) is 4.78. The maximum atomic E-state index is 10.3. The molecule has 1 fully saturated rings. The number of methoxy groups -OCH3 is 1. The molecule has 17 heavy (non-hydrogen) atoms. The zero-order valence-electron chi connectivity index (χ0n) is 10.9. The minimum absolute atomic E-state index is 0.309. The summed E-state index contributed by atoms with van der Waals surface area (Å²) in [4.78, 5) is 0. The Morgan fingerprint density at radius 3 is 2.71 bits per heavy atom. The molecule has 1 atom stereocenters. The van der Waals surface area contributed by atoms with Crippen LogP contribution in [0.25, 0.3) is 0 Å². The standard InChI is InChI=1S/C13H22N2O2/c1-4-10-8-11(15(2)14-10)9-12(16)13(17-3)6-5-7-13/h8,12,16H,4-7,9H2,1-3H3. The predicted octanol–water partition coefficient (Wildman–Crippen LogP) is 1.45. The number of hydrogen-bond acceptors (Lipinski definition) is 3. The molecule has 1 heterocycles. The number of nitrogens with zero attached hydrogens (tertiary/aromatic N) is 2. The lowest BCUT2D eigenvalue weighted by molar-refractivity contribution is -0.149. The maximum Gasteiger partial charge on any atom is 0.0940 e. The van der Waals surface area contributed by atoms with Crippen molar-refractivity contribution in [3.05, 3.63) is 17.5 Å². The molecular formula is C13H22N2O2. The second-order valence-electron chi connectivity index (χ2n) is 4.95. The van der Waals surface area contributed by atoms with Crippen LogP contribution in [0.1, 0.15) is 37.6 Å². The molecule has 1 aliphatic rings. The van der Waals surface area contributed by atoms with Crippen LogP contribution in [-0.2, 0) is 24.6 Å². The van der Waals surface area contributed by atoms with Gasteiger partial charge in [-0.1, -0.05) is 6.92 Å². The van der Waals surface area contributed by atoms with E-state index < -0.39 is 6.10 Å². The van der Waals surface area contributed by atoms with Crippen molar-refractivity contribution in [2.24, 2.45) is 7.05 Å². The van der Waals surface area contributed by atoms with Gasteiger partial charge in [0.15, 0.2) is 0 Å². The van der Waals surface area contributed by atoms with Crippen LogP contribution in [0, 0.1) is 0 Å². The summed E-state index contributed by atoms with van der Waals surface area (Å²) in [6, 6.07) is 2.07. The fourth-order valence-corrected chi connectivity index (χ4v) is 2.52. The summed E-state index contributed by atoms with van der Waals surface area (Å²) in [5.41, 5.74) is 1.85. The van der Waals surface area contributed by atoms with Gasteiger partial charge in [0.2, 0.25) is 0 Å². The van der Waals surface area contributed by atoms with Gasteiger partial charge in [-0.2, -0.15) is 5.10 Å². The van der Waals surface area contributed by atoms with Crippen LogP contribution in [0.4, 0.5) is 0 Å². The molecule has 96 valence electrons. The molecule has 0 spiro atoms. The molecule has 4 nitrogen and oxygen atoms in total. The third kappa shape index (κ3) is 2.24. The largest absolute Gasteiger partial charge is 0.390 e. The molecule has 0 aromatic carbocycles. The van der Waals surface area contributed by atoms with Crippen LogP contribution in [0.5, 0.6) is 0 Å². The van der Waals surface area contributed by atoms with E-state index >= 15 is 0 Å². The summed E-state index contributed by atoms with van der Waals surface area (Å²) in [5, 5.41) is 14.7. The molecule has 0 saturated heterocycles. The zero-order valence-corrected chi connectivity index (χ0v) is 10.9. The normalized spacial score (nSPS) is 20.0. The van der Waals surface area contributed by atoms with Gasteiger partial charge in [-0.25, -0.2) is 0 Å². The third-order valence-corrected chi connectivity index (χ3v) is 4.01. The minimum atomic E-state index is -0.429. The number of ether oxygens (including phenoxy) is 1. The van der Waals surface area contributed by atoms with Crippen molar-refractivity contribution in [2.75, 3.05) is 7.11 Å². The van der Waals surface area contributed by atoms with Gasteiger partial charge >= 0.3 is 0 Å². The van der Waals surface area contributed by atoms with Crippen molar-refractivity contribution in [3.8, 4) is 0 Å². The lowest BCUT2D eigenvalue weighted by Crippen LogP contribution is -2.51. The van der Waals surface area contributed by atoms with E-state index in [4.69, 9.17) is 4.74 Å². The highest BCUT2D eigenvalue weighted by molar-refractivity contribution is 5.13. The van der Waals surface area contributed by atoms with Gasteiger partial charge in [0.1, 0.15) is 0 Å². The maximum absolute atomic E-state index is 10.3. The first-order valence-corrected chi connectivity index (χ1v) is 6.36. The minimum Gasteiger partial charge on any atom is -0.390 e. The van der Waals surface area contributed by atoms with Crippen molar-refractivity contribution >= 4 is 0 Å². The Hall–Kier alpha value is -0.870. The lowest BCUT2D eigenvalue weighted by atomic mass is 9.74. The molecule has 1 N–H and O–H groups in total. The number of aliphatic hydroxyl groups excluding tert-OH is 1. The Morgan fingerprint density at radius 2 is 2.29 bits per heavy atom. The Labute approximate surface area is 103 Å². The smallest absolute Gasteiger partial charge is 0.0940 e. The lowest BCUT2D eigenvalue weighted by Gasteiger charge is -2.44. The third-order valence-electron chi connectivity index (χ3n) is 4.01. The molecule has 1 aromatic heterocycles. The SMILES string of the molecule is CCc1cc(CC(O)C2(OC)CCC2)n(C)n1. The molecule has 0 aliphatic heterocycles. The Morgan fingerprint density at radius 1 is 1.59 bits per heavy atom. The van der Waals surface area contributed by atoms with Crippen LogP contribution < -0.4 is 0 Å². The number of rotatable bonds is 5. The summed E-state index contributed by atoms with van der Waals surface area (Å²) >= 11 is 0. The number of aryl methyl sites for hydroxylation is 2. The zero-order chi connectivity index (χ0) is 12.5. The predicted molar refractivity (Wildman–Crippen MR) is 65.9 cm³/mol. The number of aromatic nitrogens is 2. The summed E-state index contributed by atoms with van der Waals surface area (Å²) in [6.45, 7) is 2.09. The molecular weight excluding hydrogens is 216 g/mol. The molecule has 1 saturated carbocycles. The van der Waals surface area contributed by atoms with E-state index in [9.17, 15) is 5.11 Å². The van der Waals surface area contributed by atoms with E-state index in [1.807, 2.05) is 11.7 Å². The molecule has 1 aliphatic carbocycles. The van der Waals surface area contributed by atoms with Crippen LogP contribution in [0.3, 0.4) is 0 Å². The quantitative estimate of drug-likeness (QED) is 0.844. The fraction of sp³-hybridized carbons (Fsp3) is 0.769. The van der Waals surface area contributed by atoms with Gasteiger partial charge in [0.05, 0.1) is 17.4 Å². The number of aliphatic hydroxyl groups is 1. The first-order chi connectivity index (χ1) is 8.11. The van der Waals surface area contributed by atoms with Gasteiger partial charge < -0.3 is 9.84 Å². The molecule has 0 radical (unpaired) electrons. The summed E-state index contributed by atoms with van der Waals surface area (Å²) in [7, 11) is 3.63. The van der Waals surface area contributed by atoms with Gasteiger partial charge in [0, 0.05) is 26.3 Å². The van der Waals surface area contributed by atoms with E-state index in [-0.39, 0.29) is 5.60 Å². The summed E-state index contributed by atoms with van der Waals surface area (Å²) < 4.78 is 7.37.